The number of benzene rings is 1. The van der Waals surface area contributed by atoms with Crippen LogP contribution in [0.1, 0.15) is 18.5 Å². The van der Waals surface area contributed by atoms with Crippen LogP contribution in [0.15, 0.2) is 49.1 Å². The lowest BCUT2D eigenvalue weighted by Gasteiger charge is -2.13. The van der Waals surface area contributed by atoms with Crippen molar-refractivity contribution in [1.82, 2.24) is 29.6 Å². The summed E-state index contributed by atoms with van der Waals surface area (Å²) in [5, 5.41) is 14.1. The highest BCUT2D eigenvalue weighted by Crippen LogP contribution is 2.34. The monoisotopic (exact) mass is 491 g/mol. The number of likely N-dealkylation sites (tertiary alicyclic amines) is 1. The van der Waals surface area contributed by atoms with Gasteiger partial charge in [-0.05, 0) is 12.1 Å². The molecule has 1 unspecified atom stereocenters. The molecular formula is C24H19F2N7O3. The summed E-state index contributed by atoms with van der Waals surface area (Å²) in [5.74, 6) is 5.51. The second kappa shape index (κ2) is 8.86. The fraction of sp³-hybridized carbons (Fsp3) is 0.208. The van der Waals surface area contributed by atoms with E-state index in [4.69, 9.17) is 10.5 Å². The number of likely N-dealkylation sites (N-methyl/N-ethyl adjacent to an activating group) is 1. The lowest BCUT2D eigenvalue weighted by atomic mass is 10.0. The number of ether oxygens (including phenoxy) is 1. The summed E-state index contributed by atoms with van der Waals surface area (Å²) in [7, 11) is 1.61. The molecule has 10 nitrogen and oxygen atoms in total. The summed E-state index contributed by atoms with van der Waals surface area (Å²) in [6.45, 7) is -2.39. The Morgan fingerprint density at radius 2 is 2.08 bits per heavy atom. The van der Waals surface area contributed by atoms with Crippen LogP contribution in [0.5, 0.6) is 11.5 Å². The van der Waals surface area contributed by atoms with E-state index in [1.807, 2.05) is 0 Å². The van der Waals surface area contributed by atoms with Gasteiger partial charge in [-0.3, -0.25) is 4.79 Å². The van der Waals surface area contributed by atoms with E-state index in [1.54, 1.807) is 37.4 Å². The number of carbonyl (C=O) groups is 1. The fourth-order valence-corrected chi connectivity index (χ4v) is 3.76. The number of alkyl halides is 2. The van der Waals surface area contributed by atoms with E-state index in [0.29, 0.717) is 28.0 Å². The minimum Gasteiger partial charge on any atom is -0.452 e. The predicted molar refractivity (Wildman–Crippen MR) is 125 cm³/mol. The van der Waals surface area contributed by atoms with Crippen LogP contribution in [-0.2, 0) is 4.79 Å². The number of halogens is 2. The van der Waals surface area contributed by atoms with Crippen LogP contribution in [0, 0.1) is 11.8 Å². The Labute approximate surface area is 203 Å². The molecule has 1 aromatic carbocycles. The van der Waals surface area contributed by atoms with Gasteiger partial charge in [-0.15, -0.1) is 0 Å². The number of aromatic nitrogens is 5. The Kier molecular flexibility index (Phi) is 5.69. The third kappa shape index (κ3) is 4.27. The molecule has 3 aromatic heterocycles. The Bertz CT molecular complexity index is 1550. The lowest BCUT2D eigenvalue weighted by molar-refractivity contribution is -0.137. The zero-order chi connectivity index (χ0) is 25.4. The molecular weight excluding hydrogens is 472 g/mol. The molecule has 3 N–H and O–H groups in total. The molecule has 36 heavy (non-hydrogen) atoms. The van der Waals surface area contributed by atoms with Crippen molar-refractivity contribution in [2.45, 2.75) is 18.6 Å². The lowest BCUT2D eigenvalue weighted by Crippen LogP contribution is -2.37. The minimum absolute atomic E-state index is 0.0741. The van der Waals surface area contributed by atoms with Gasteiger partial charge in [0.25, 0.3) is 5.91 Å². The average molecular weight is 491 g/mol. The molecule has 1 atom stereocenters. The second-order valence-corrected chi connectivity index (χ2v) is 8.17. The van der Waals surface area contributed by atoms with Crippen LogP contribution in [-0.4, -0.2) is 59.8 Å². The van der Waals surface area contributed by atoms with E-state index < -0.39 is 18.1 Å². The SMILES string of the molecule is CN1CCC(O)(C#Cc2cccc(-c3cc(Oc4cnn(C(F)F)c4)c4ncnc(N)c4n3)c2)C1=O. The minimum atomic E-state index is -2.81. The molecule has 1 aliphatic rings. The van der Waals surface area contributed by atoms with E-state index in [9.17, 15) is 18.7 Å². The molecule has 182 valence electrons. The van der Waals surface area contributed by atoms with Crippen LogP contribution < -0.4 is 10.5 Å². The van der Waals surface area contributed by atoms with Gasteiger partial charge in [-0.1, -0.05) is 24.0 Å². The number of hydrogen-bond acceptors (Lipinski definition) is 8. The molecule has 1 aliphatic heterocycles. The molecule has 0 spiro atoms. The van der Waals surface area contributed by atoms with Gasteiger partial charge in [0.1, 0.15) is 17.4 Å². The number of amides is 1. The van der Waals surface area contributed by atoms with Crippen molar-refractivity contribution < 1.29 is 23.4 Å². The molecule has 1 saturated heterocycles. The Morgan fingerprint density at radius 1 is 1.25 bits per heavy atom. The third-order valence-corrected chi connectivity index (χ3v) is 5.67. The van der Waals surface area contributed by atoms with Crippen molar-refractivity contribution in [2.24, 2.45) is 0 Å². The number of aliphatic hydroxyl groups is 1. The molecule has 1 fully saturated rings. The first-order valence-corrected chi connectivity index (χ1v) is 10.8. The predicted octanol–water partition coefficient (Wildman–Crippen LogP) is 2.60. The van der Waals surface area contributed by atoms with Crippen molar-refractivity contribution >= 4 is 22.8 Å². The third-order valence-electron chi connectivity index (χ3n) is 5.67. The van der Waals surface area contributed by atoms with Crippen molar-refractivity contribution in [3.05, 3.63) is 54.6 Å². The number of hydrogen-bond donors (Lipinski definition) is 2. The highest BCUT2D eigenvalue weighted by molar-refractivity contribution is 5.91. The molecule has 4 heterocycles. The van der Waals surface area contributed by atoms with Gasteiger partial charge in [0.2, 0.25) is 5.60 Å². The molecule has 4 aromatic rings. The zero-order valence-electron chi connectivity index (χ0n) is 18.9. The highest BCUT2D eigenvalue weighted by Gasteiger charge is 2.42. The molecule has 0 saturated carbocycles. The van der Waals surface area contributed by atoms with Gasteiger partial charge in [0, 0.05) is 37.2 Å². The number of fused-ring (bicyclic) bond motifs is 1. The summed E-state index contributed by atoms with van der Waals surface area (Å²) in [4.78, 5) is 26.4. The van der Waals surface area contributed by atoms with Crippen LogP contribution in [0.2, 0.25) is 0 Å². The van der Waals surface area contributed by atoms with Gasteiger partial charge in [-0.25, -0.2) is 19.6 Å². The maximum Gasteiger partial charge on any atom is 0.333 e. The molecule has 0 aliphatic carbocycles. The summed E-state index contributed by atoms with van der Waals surface area (Å²) < 4.78 is 32.1. The van der Waals surface area contributed by atoms with Crippen LogP contribution in [0.25, 0.3) is 22.3 Å². The van der Waals surface area contributed by atoms with Crippen LogP contribution in [0.3, 0.4) is 0 Å². The molecule has 1 amide bonds. The molecule has 12 heteroatoms. The Balaban J connectivity index is 1.54. The smallest absolute Gasteiger partial charge is 0.333 e. The topological polar surface area (TPSA) is 132 Å². The van der Waals surface area contributed by atoms with Gasteiger partial charge in [-0.2, -0.15) is 13.9 Å². The van der Waals surface area contributed by atoms with Crippen molar-refractivity contribution in [1.29, 1.82) is 0 Å². The van der Waals surface area contributed by atoms with E-state index >= 15 is 0 Å². The number of carbonyl (C=O) groups excluding carboxylic acids is 1. The first kappa shape index (κ1) is 23.1. The Hall–Kier alpha value is -4.63. The normalized spacial score (nSPS) is 17.5. The number of nitrogens with zero attached hydrogens (tertiary/aromatic N) is 6. The largest absolute Gasteiger partial charge is 0.452 e. The Morgan fingerprint density at radius 3 is 2.81 bits per heavy atom. The average Bonchev–Trinajstić information content (AvgIpc) is 3.44. The highest BCUT2D eigenvalue weighted by atomic mass is 19.3. The first-order chi connectivity index (χ1) is 17.2. The van der Waals surface area contributed by atoms with Gasteiger partial charge < -0.3 is 20.5 Å². The van der Waals surface area contributed by atoms with Crippen molar-refractivity contribution in [3.63, 3.8) is 0 Å². The van der Waals surface area contributed by atoms with Crippen molar-refractivity contribution in [2.75, 3.05) is 19.3 Å². The van der Waals surface area contributed by atoms with Crippen LogP contribution in [0.4, 0.5) is 14.6 Å². The second-order valence-electron chi connectivity index (χ2n) is 8.17. The van der Waals surface area contributed by atoms with E-state index in [-0.39, 0.29) is 34.8 Å². The number of nitrogen functional groups attached to an aromatic ring is 1. The van der Waals surface area contributed by atoms with Gasteiger partial charge in [0.15, 0.2) is 17.3 Å². The van der Waals surface area contributed by atoms with E-state index in [2.05, 4.69) is 31.9 Å². The number of rotatable bonds is 4. The zero-order valence-corrected chi connectivity index (χ0v) is 18.9. The fourth-order valence-electron chi connectivity index (χ4n) is 3.76. The van der Waals surface area contributed by atoms with Crippen LogP contribution >= 0.6 is 0 Å². The first-order valence-electron chi connectivity index (χ1n) is 10.8. The quantitative estimate of drug-likeness (QED) is 0.417. The molecule has 0 bridgehead atoms. The maximum absolute atomic E-state index is 12.9. The van der Waals surface area contributed by atoms with Gasteiger partial charge in [0.05, 0.1) is 18.1 Å². The summed E-state index contributed by atoms with van der Waals surface area (Å²) in [6.07, 6.45) is 3.69. The van der Waals surface area contributed by atoms with Crippen molar-refractivity contribution in [3.8, 4) is 34.6 Å². The van der Waals surface area contributed by atoms with E-state index in [1.165, 1.54) is 11.2 Å². The number of pyridine rings is 1. The number of nitrogens with two attached hydrogens (primary N) is 1. The molecule has 0 radical (unpaired) electrons. The summed E-state index contributed by atoms with van der Waals surface area (Å²) >= 11 is 0. The summed E-state index contributed by atoms with van der Waals surface area (Å²) in [5.41, 5.74) is 6.46. The number of anilines is 1. The van der Waals surface area contributed by atoms with E-state index in [0.717, 1.165) is 12.4 Å². The maximum atomic E-state index is 12.9. The van der Waals surface area contributed by atoms with Gasteiger partial charge >= 0.3 is 6.55 Å². The summed E-state index contributed by atoms with van der Waals surface area (Å²) in [6, 6.07) is 8.57. The standard InChI is InChI=1S/C24H19F2N7O3/c1-32-8-7-24(35,22(32)34)6-5-14-3-2-4-15(9-14)17-10-18(19-20(31-17)21(27)29-13-28-19)36-16-11-30-33(12-16)23(25)26/h2-4,9-13,23,35H,7-8H2,1H3,(H2,27,28,29). The molecule has 5 rings (SSSR count).